The number of alkyl carbamates (subject to hydrolysis) is 1. The summed E-state index contributed by atoms with van der Waals surface area (Å²) in [6, 6.07) is 7.35. The highest BCUT2D eigenvalue weighted by atomic mass is 16.5. The molecule has 10 heteroatoms. The van der Waals surface area contributed by atoms with Crippen molar-refractivity contribution in [3.05, 3.63) is 54.1 Å². The third kappa shape index (κ3) is 6.92. The number of nitrogens with two attached hydrogens (primary N) is 1. The van der Waals surface area contributed by atoms with E-state index < -0.39 is 30.0 Å². The molecule has 2 atom stereocenters. The van der Waals surface area contributed by atoms with Crippen LogP contribution in [0.5, 0.6) is 0 Å². The lowest BCUT2D eigenvalue weighted by atomic mass is 10.0. The zero-order valence-corrected chi connectivity index (χ0v) is 16.3. The van der Waals surface area contributed by atoms with E-state index in [1.54, 1.807) is 20.0 Å². The predicted molar refractivity (Wildman–Crippen MR) is 105 cm³/mol. The molecule has 0 spiro atoms. The number of ether oxygens (including phenoxy) is 1. The molecule has 2 aromatic rings. The topological polar surface area (TPSA) is 151 Å². The Morgan fingerprint density at radius 2 is 1.86 bits per heavy atom. The van der Waals surface area contributed by atoms with E-state index in [1.807, 2.05) is 35.8 Å². The molecule has 0 saturated carbocycles. The van der Waals surface area contributed by atoms with Crippen molar-refractivity contribution in [2.75, 3.05) is 0 Å². The van der Waals surface area contributed by atoms with Crippen LogP contribution in [0.15, 0.2) is 42.9 Å². The SMILES string of the molecule is CC(C)[C@@H](NC(=O)OCc1ccccc1)C(=O)N[C@H](Cc1cnc[nH]1)C(=O)NN. The maximum Gasteiger partial charge on any atom is 0.408 e. The lowest BCUT2D eigenvalue weighted by Crippen LogP contribution is -2.56. The first kappa shape index (κ1) is 21.9. The van der Waals surface area contributed by atoms with Gasteiger partial charge in [-0.15, -0.1) is 0 Å². The summed E-state index contributed by atoms with van der Waals surface area (Å²) in [4.78, 5) is 43.7. The second-order valence-corrected chi connectivity index (χ2v) is 6.78. The molecule has 0 saturated heterocycles. The summed E-state index contributed by atoms with van der Waals surface area (Å²) >= 11 is 0. The molecule has 0 bridgehead atoms. The van der Waals surface area contributed by atoms with Gasteiger partial charge in [0.25, 0.3) is 5.91 Å². The van der Waals surface area contributed by atoms with E-state index in [2.05, 4.69) is 20.6 Å². The predicted octanol–water partition coefficient (Wildman–Crippen LogP) is 0.378. The van der Waals surface area contributed by atoms with Crippen LogP contribution in [0, 0.1) is 5.92 Å². The lowest BCUT2D eigenvalue weighted by Gasteiger charge is -2.24. The van der Waals surface area contributed by atoms with Crippen LogP contribution in [0.25, 0.3) is 0 Å². The van der Waals surface area contributed by atoms with Gasteiger partial charge in [-0.2, -0.15) is 0 Å². The van der Waals surface area contributed by atoms with Crippen LogP contribution >= 0.6 is 0 Å². The Morgan fingerprint density at radius 3 is 2.45 bits per heavy atom. The Morgan fingerprint density at radius 1 is 1.14 bits per heavy atom. The summed E-state index contributed by atoms with van der Waals surface area (Å²) in [6.07, 6.45) is 2.45. The number of carbonyl (C=O) groups excluding carboxylic acids is 3. The number of hydrazine groups is 1. The molecule has 0 radical (unpaired) electrons. The van der Waals surface area contributed by atoms with E-state index in [9.17, 15) is 14.4 Å². The third-order valence-electron chi connectivity index (χ3n) is 4.19. The fraction of sp³-hybridized carbons (Fsp3) is 0.368. The summed E-state index contributed by atoms with van der Waals surface area (Å²) in [5.74, 6) is 3.89. The van der Waals surface area contributed by atoms with Crippen LogP contribution in [0.4, 0.5) is 4.79 Å². The molecule has 156 valence electrons. The van der Waals surface area contributed by atoms with Gasteiger partial charge in [-0.3, -0.25) is 15.0 Å². The molecule has 0 aliphatic rings. The molecule has 6 N–H and O–H groups in total. The Labute approximate surface area is 168 Å². The molecule has 0 unspecified atom stereocenters. The summed E-state index contributed by atoms with van der Waals surface area (Å²) in [5.41, 5.74) is 3.50. The number of nitrogens with one attached hydrogen (secondary N) is 4. The van der Waals surface area contributed by atoms with Crippen LogP contribution in [-0.4, -0.2) is 40.0 Å². The van der Waals surface area contributed by atoms with Crippen molar-refractivity contribution in [3.63, 3.8) is 0 Å². The van der Waals surface area contributed by atoms with Crippen molar-refractivity contribution < 1.29 is 19.1 Å². The van der Waals surface area contributed by atoms with Crippen molar-refractivity contribution in [2.45, 2.75) is 39.0 Å². The van der Waals surface area contributed by atoms with E-state index in [0.29, 0.717) is 5.69 Å². The summed E-state index contributed by atoms with van der Waals surface area (Å²) in [7, 11) is 0. The molecular weight excluding hydrogens is 376 g/mol. The smallest absolute Gasteiger partial charge is 0.408 e. The van der Waals surface area contributed by atoms with Crippen molar-refractivity contribution in [1.82, 2.24) is 26.0 Å². The molecular formula is C19H26N6O4. The average molecular weight is 402 g/mol. The largest absolute Gasteiger partial charge is 0.445 e. The summed E-state index contributed by atoms with van der Waals surface area (Å²) in [6.45, 7) is 3.63. The van der Waals surface area contributed by atoms with E-state index >= 15 is 0 Å². The first-order chi connectivity index (χ1) is 13.9. The molecule has 1 heterocycles. The lowest BCUT2D eigenvalue weighted by molar-refractivity contribution is -0.130. The number of aromatic nitrogens is 2. The fourth-order valence-electron chi connectivity index (χ4n) is 2.61. The highest BCUT2D eigenvalue weighted by Gasteiger charge is 2.29. The number of rotatable bonds is 9. The highest BCUT2D eigenvalue weighted by molar-refractivity contribution is 5.91. The molecule has 0 fully saturated rings. The second-order valence-electron chi connectivity index (χ2n) is 6.78. The van der Waals surface area contributed by atoms with Gasteiger partial charge in [-0.1, -0.05) is 44.2 Å². The van der Waals surface area contributed by atoms with Gasteiger partial charge < -0.3 is 20.4 Å². The van der Waals surface area contributed by atoms with Crippen LogP contribution in [0.3, 0.4) is 0 Å². The first-order valence-corrected chi connectivity index (χ1v) is 9.16. The molecule has 10 nitrogen and oxygen atoms in total. The zero-order chi connectivity index (χ0) is 21.2. The van der Waals surface area contributed by atoms with Gasteiger partial charge >= 0.3 is 6.09 Å². The first-order valence-electron chi connectivity index (χ1n) is 9.16. The van der Waals surface area contributed by atoms with Gasteiger partial charge in [0.2, 0.25) is 5.91 Å². The minimum Gasteiger partial charge on any atom is -0.445 e. The Kier molecular flexibility index (Phi) is 8.16. The molecule has 0 aliphatic heterocycles. The average Bonchev–Trinajstić information content (AvgIpc) is 3.23. The number of aromatic amines is 1. The van der Waals surface area contributed by atoms with Crippen LogP contribution in [0.1, 0.15) is 25.1 Å². The maximum atomic E-state index is 12.7. The molecule has 3 amide bonds. The minimum absolute atomic E-state index is 0.0805. The van der Waals surface area contributed by atoms with Crippen LogP contribution < -0.4 is 21.9 Å². The fourth-order valence-corrected chi connectivity index (χ4v) is 2.61. The van der Waals surface area contributed by atoms with Crippen molar-refractivity contribution in [3.8, 4) is 0 Å². The minimum atomic E-state index is -0.934. The van der Waals surface area contributed by atoms with E-state index in [0.717, 1.165) is 5.56 Å². The number of imidazole rings is 1. The van der Waals surface area contributed by atoms with E-state index in [-0.39, 0.29) is 18.9 Å². The van der Waals surface area contributed by atoms with Gasteiger partial charge in [0.05, 0.1) is 6.33 Å². The number of hydrogen-bond donors (Lipinski definition) is 5. The van der Waals surface area contributed by atoms with Crippen molar-refractivity contribution in [2.24, 2.45) is 11.8 Å². The van der Waals surface area contributed by atoms with Gasteiger partial charge in [0.1, 0.15) is 18.7 Å². The normalized spacial score (nSPS) is 12.7. The Hall–Kier alpha value is -3.40. The number of amides is 3. The Balaban J connectivity index is 1.97. The van der Waals surface area contributed by atoms with Crippen molar-refractivity contribution >= 4 is 17.9 Å². The zero-order valence-electron chi connectivity index (χ0n) is 16.3. The number of benzene rings is 1. The number of hydrogen-bond acceptors (Lipinski definition) is 6. The number of H-pyrrole nitrogens is 1. The van der Waals surface area contributed by atoms with Gasteiger partial charge in [0, 0.05) is 18.3 Å². The van der Waals surface area contributed by atoms with Gasteiger partial charge in [-0.05, 0) is 11.5 Å². The van der Waals surface area contributed by atoms with Crippen LogP contribution in [0.2, 0.25) is 0 Å². The molecule has 1 aromatic carbocycles. The molecule has 29 heavy (non-hydrogen) atoms. The molecule has 2 rings (SSSR count). The van der Waals surface area contributed by atoms with Gasteiger partial charge in [-0.25, -0.2) is 15.6 Å². The summed E-state index contributed by atoms with van der Waals surface area (Å²) < 4.78 is 5.18. The maximum absolute atomic E-state index is 12.7. The summed E-state index contributed by atoms with van der Waals surface area (Å²) in [5, 5.41) is 5.17. The molecule has 1 aromatic heterocycles. The monoisotopic (exact) mass is 402 g/mol. The van der Waals surface area contributed by atoms with E-state index in [1.165, 1.54) is 6.33 Å². The van der Waals surface area contributed by atoms with Gasteiger partial charge in [0.15, 0.2) is 0 Å². The quantitative estimate of drug-likeness (QED) is 0.232. The van der Waals surface area contributed by atoms with Crippen molar-refractivity contribution in [1.29, 1.82) is 0 Å². The third-order valence-corrected chi connectivity index (χ3v) is 4.19. The number of nitrogens with zero attached hydrogens (tertiary/aromatic N) is 1. The van der Waals surface area contributed by atoms with Crippen LogP contribution in [-0.2, 0) is 27.4 Å². The number of carbonyl (C=O) groups is 3. The highest BCUT2D eigenvalue weighted by Crippen LogP contribution is 2.06. The second kappa shape index (κ2) is 10.8. The Bertz CT molecular complexity index is 794. The molecule has 0 aliphatic carbocycles. The standard InChI is InChI=1S/C19H26N6O4/c1-12(2)16(24-19(28)29-10-13-6-4-3-5-7-13)18(27)23-15(17(26)25-20)8-14-9-21-11-22-14/h3-7,9,11-12,15-16H,8,10,20H2,1-2H3,(H,21,22)(H,23,27)(H,24,28)(H,25,26)/t15-,16-/m1/s1. The van der Waals surface area contributed by atoms with E-state index in [4.69, 9.17) is 10.6 Å².